The van der Waals surface area contributed by atoms with Crippen LogP contribution in [0.15, 0.2) is 36.9 Å². The molecule has 0 atom stereocenters. The fourth-order valence-corrected chi connectivity index (χ4v) is 2.01. The maximum atomic E-state index is 11.4. The fourth-order valence-electron chi connectivity index (χ4n) is 0.914. The van der Waals surface area contributed by atoms with Crippen molar-refractivity contribution in [2.75, 3.05) is 0 Å². The molecule has 0 spiro atoms. The van der Waals surface area contributed by atoms with Gasteiger partial charge >= 0.3 is 0 Å². The third-order valence-electron chi connectivity index (χ3n) is 1.62. The second kappa shape index (κ2) is 4.34. The first-order valence-corrected chi connectivity index (χ1v) is 5.73. The van der Waals surface area contributed by atoms with E-state index in [9.17, 15) is 8.42 Å². The van der Waals surface area contributed by atoms with Crippen LogP contribution in [-0.4, -0.2) is 13.9 Å². The number of nitrogens with one attached hydrogen (secondary N) is 1. The summed E-state index contributed by atoms with van der Waals surface area (Å²) >= 11 is 4.41. The van der Waals surface area contributed by atoms with Gasteiger partial charge in [0, 0.05) is 0 Å². The summed E-state index contributed by atoms with van der Waals surface area (Å²) in [5.74, 6) is 0. The molecule has 14 heavy (non-hydrogen) atoms. The Bertz CT molecular complexity index is 437. The quantitative estimate of drug-likeness (QED) is 0.794. The van der Waals surface area contributed by atoms with Crippen molar-refractivity contribution in [3.8, 4) is 0 Å². The number of rotatable bonds is 4. The Morgan fingerprint density at radius 3 is 2.43 bits per heavy atom. The second-order valence-electron chi connectivity index (χ2n) is 2.53. The summed E-state index contributed by atoms with van der Waals surface area (Å²) in [7, 11) is -3.57. The van der Waals surface area contributed by atoms with Crippen LogP contribution in [0.25, 0.3) is 4.91 Å². The van der Waals surface area contributed by atoms with E-state index in [1.165, 1.54) is 0 Å². The summed E-state index contributed by atoms with van der Waals surface area (Å²) in [5, 5.41) is 0. The second-order valence-corrected chi connectivity index (χ2v) is 4.50. The molecular formula is C9H9NO2S2. The average Bonchev–Trinajstić information content (AvgIpc) is 2.18. The molecule has 0 aliphatic carbocycles. The third kappa shape index (κ3) is 2.40. The van der Waals surface area contributed by atoms with E-state index in [0.29, 0.717) is 5.56 Å². The zero-order valence-electron chi connectivity index (χ0n) is 7.30. The van der Waals surface area contributed by atoms with Gasteiger partial charge < -0.3 is 0 Å². The molecule has 3 nitrogen and oxygen atoms in total. The molecule has 0 saturated carbocycles. The number of hydrogen-bond donors (Lipinski definition) is 1. The van der Waals surface area contributed by atoms with Crippen LogP contribution < -0.4 is 4.72 Å². The summed E-state index contributed by atoms with van der Waals surface area (Å²) in [6.07, 6.45) is 0. The van der Waals surface area contributed by atoms with E-state index >= 15 is 0 Å². The van der Waals surface area contributed by atoms with Crippen molar-refractivity contribution < 1.29 is 8.42 Å². The van der Waals surface area contributed by atoms with E-state index in [4.69, 9.17) is 0 Å². The maximum absolute atomic E-state index is 11.4. The highest BCUT2D eigenvalue weighted by Gasteiger charge is 2.14. The van der Waals surface area contributed by atoms with Gasteiger partial charge in [0.15, 0.2) is 0 Å². The van der Waals surface area contributed by atoms with Crippen LogP contribution in [0.1, 0.15) is 5.56 Å². The predicted octanol–water partition coefficient (Wildman–Crippen LogP) is 1.53. The van der Waals surface area contributed by atoms with Gasteiger partial charge in [-0.3, -0.25) is 4.72 Å². The van der Waals surface area contributed by atoms with Gasteiger partial charge in [0.2, 0.25) is 0 Å². The van der Waals surface area contributed by atoms with Crippen molar-refractivity contribution in [3.05, 3.63) is 42.5 Å². The topological polar surface area (TPSA) is 46.2 Å². The lowest BCUT2D eigenvalue weighted by Crippen LogP contribution is -2.21. The van der Waals surface area contributed by atoms with Gasteiger partial charge in [-0.2, -0.15) is 0 Å². The first kappa shape index (κ1) is 10.9. The number of thiocarbonyl (C=S) groups is 1. The Balaban J connectivity index is 3.03. The van der Waals surface area contributed by atoms with Crippen LogP contribution in [0.3, 0.4) is 0 Å². The highest BCUT2D eigenvalue weighted by Crippen LogP contribution is 2.16. The summed E-state index contributed by atoms with van der Waals surface area (Å²) in [6, 6.07) is 8.63. The molecular weight excluding hydrogens is 218 g/mol. The monoisotopic (exact) mass is 227 g/mol. The molecule has 0 unspecified atom stereocenters. The maximum Gasteiger partial charge on any atom is 0.262 e. The molecule has 1 N–H and O–H groups in total. The summed E-state index contributed by atoms with van der Waals surface area (Å²) in [6.45, 7) is 3.50. The van der Waals surface area contributed by atoms with E-state index in [1.54, 1.807) is 30.3 Å². The molecule has 0 aliphatic heterocycles. The van der Waals surface area contributed by atoms with Gasteiger partial charge in [0.1, 0.15) is 0 Å². The van der Waals surface area contributed by atoms with Crippen molar-refractivity contribution in [2.24, 2.45) is 0 Å². The number of benzene rings is 1. The van der Waals surface area contributed by atoms with Crippen molar-refractivity contribution in [1.82, 2.24) is 4.72 Å². The van der Waals surface area contributed by atoms with Crippen LogP contribution >= 0.6 is 12.2 Å². The molecule has 1 rings (SSSR count). The molecule has 5 heteroatoms. The van der Waals surface area contributed by atoms with Gasteiger partial charge in [-0.1, -0.05) is 49.1 Å². The van der Waals surface area contributed by atoms with Crippen molar-refractivity contribution in [2.45, 2.75) is 0 Å². The first-order chi connectivity index (χ1) is 6.58. The molecule has 0 radical (unpaired) electrons. The van der Waals surface area contributed by atoms with Gasteiger partial charge in [-0.25, -0.2) is 8.42 Å². The Kier molecular flexibility index (Phi) is 3.38. The molecule has 1 aromatic carbocycles. The lowest BCUT2D eigenvalue weighted by molar-refractivity contribution is 0.603. The SMILES string of the molecule is C=C(c1ccccc1)S(=O)(=O)NC=S. The largest absolute Gasteiger partial charge is 0.276 e. The summed E-state index contributed by atoms with van der Waals surface area (Å²) < 4.78 is 24.9. The van der Waals surface area contributed by atoms with Crippen LogP contribution in [-0.2, 0) is 10.0 Å². The van der Waals surface area contributed by atoms with Crippen LogP contribution in [0.4, 0.5) is 0 Å². The molecule has 0 saturated heterocycles. The van der Waals surface area contributed by atoms with Gasteiger partial charge in [0.25, 0.3) is 10.0 Å². The standard InChI is InChI=1S/C9H9NO2S2/c1-8(14(11,12)10-7-13)9-5-3-2-4-6-9/h2-7H,1H2,(H,10,13). The Morgan fingerprint density at radius 2 is 1.93 bits per heavy atom. The Hall–Kier alpha value is -1.20. The minimum Gasteiger partial charge on any atom is -0.276 e. The van der Waals surface area contributed by atoms with Gasteiger partial charge in [-0.05, 0) is 5.56 Å². The van der Waals surface area contributed by atoms with E-state index in [1.807, 2.05) is 0 Å². The number of hydrogen-bond acceptors (Lipinski definition) is 3. The van der Waals surface area contributed by atoms with Gasteiger partial charge in [-0.15, -0.1) is 0 Å². The minimum absolute atomic E-state index is 0.0131. The highest BCUT2D eigenvalue weighted by molar-refractivity contribution is 8.00. The van der Waals surface area contributed by atoms with E-state index in [0.717, 1.165) is 5.49 Å². The molecule has 0 bridgehead atoms. The van der Waals surface area contributed by atoms with Crippen molar-refractivity contribution in [1.29, 1.82) is 0 Å². The fraction of sp³-hybridized carbons (Fsp3) is 0. The van der Waals surface area contributed by atoms with Crippen LogP contribution in [0.5, 0.6) is 0 Å². The smallest absolute Gasteiger partial charge is 0.262 e. The number of sulfonamides is 1. The molecule has 0 aromatic heterocycles. The minimum atomic E-state index is -3.57. The molecule has 0 aliphatic rings. The van der Waals surface area contributed by atoms with Crippen LogP contribution in [0.2, 0.25) is 0 Å². The predicted molar refractivity (Wildman–Crippen MR) is 61.2 cm³/mol. The highest BCUT2D eigenvalue weighted by atomic mass is 32.2. The van der Waals surface area contributed by atoms with E-state index in [2.05, 4.69) is 23.5 Å². The third-order valence-corrected chi connectivity index (χ3v) is 3.20. The zero-order valence-corrected chi connectivity index (χ0v) is 8.94. The lowest BCUT2D eigenvalue weighted by Gasteiger charge is -2.05. The molecule has 0 amide bonds. The lowest BCUT2D eigenvalue weighted by atomic mass is 10.2. The Morgan fingerprint density at radius 1 is 1.36 bits per heavy atom. The summed E-state index contributed by atoms with van der Waals surface area (Å²) in [5.41, 5.74) is 1.50. The van der Waals surface area contributed by atoms with E-state index in [-0.39, 0.29) is 4.91 Å². The first-order valence-electron chi connectivity index (χ1n) is 3.78. The zero-order chi connectivity index (χ0) is 10.6. The molecule has 74 valence electrons. The van der Waals surface area contributed by atoms with Crippen molar-refractivity contribution >= 4 is 32.6 Å². The normalized spacial score (nSPS) is 10.6. The van der Waals surface area contributed by atoms with Gasteiger partial charge in [0.05, 0.1) is 10.4 Å². The van der Waals surface area contributed by atoms with E-state index < -0.39 is 10.0 Å². The Labute approximate surface area is 88.5 Å². The molecule has 0 heterocycles. The average molecular weight is 227 g/mol. The summed E-state index contributed by atoms with van der Waals surface area (Å²) in [4.78, 5) is 0.0131. The molecule has 1 aromatic rings. The van der Waals surface area contributed by atoms with Crippen molar-refractivity contribution in [3.63, 3.8) is 0 Å². The molecule has 0 fully saturated rings. The van der Waals surface area contributed by atoms with Crippen LogP contribution in [0, 0.1) is 0 Å².